The number of hydrogen-bond donors (Lipinski definition) is 0. The van der Waals surface area contributed by atoms with Gasteiger partial charge in [-0.05, 0) is 51.4 Å². The maximum absolute atomic E-state index is 13.0. The van der Waals surface area contributed by atoms with E-state index in [2.05, 4.69) is 9.88 Å². The van der Waals surface area contributed by atoms with Crippen molar-refractivity contribution in [2.45, 2.75) is 58.3 Å². The Balaban J connectivity index is 1.77. The lowest BCUT2D eigenvalue weighted by molar-refractivity contribution is -0.145. The van der Waals surface area contributed by atoms with Gasteiger partial charge >= 0.3 is 12.1 Å². The summed E-state index contributed by atoms with van der Waals surface area (Å²) in [6.45, 7) is 5.20. The van der Waals surface area contributed by atoms with Crippen molar-refractivity contribution in [2.75, 3.05) is 13.2 Å². The number of likely N-dealkylation sites (tertiary alicyclic amines) is 1. The van der Waals surface area contributed by atoms with E-state index in [4.69, 9.17) is 9.15 Å². The van der Waals surface area contributed by atoms with Crippen LogP contribution in [0.1, 0.15) is 49.6 Å². The average Bonchev–Trinajstić information content (AvgIpc) is 3.03. The number of piperidine rings is 1. The fourth-order valence-electron chi connectivity index (χ4n) is 3.63. The first-order chi connectivity index (χ1) is 13.8. The Hall–Kier alpha value is -2.35. The molecule has 2 heterocycles. The molecule has 0 saturated carbocycles. The Morgan fingerprint density at radius 3 is 2.86 bits per heavy atom. The highest BCUT2D eigenvalue weighted by Gasteiger charge is 2.31. The molecular weight excluding hydrogens is 385 g/mol. The number of ether oxygens (including phenoxy) is 1. The second-order valence-electron chi connectivity index (χ2n) is 7.23. The largest absolute Gasteiger partial charge is 0.466 e. The molecule has 3 rings (SSSR count). The summed E-state index contributed by atoms with van der Waals surface area (Å²) in [7, 11) is 0. The molecule has 0 bridgehead atoms. The van der Waals surface area contributed by atoms with Gasteiger partial charge in [0.05, 0.1) is 24.3 Å². The maximum atomic E-state index is 13.0. The number of oxazole rings is 1. The zero-order valence-electron chi connectivity index (χ0n) is 16.6. The van der Waals surface area contributed by atoms with Crippen LogP contribution in [0.2, 0.25) is 0 Å². The molecule has 1 saturated heterocycles. The van der Waals surface area contributed by atoms with Crippen LogP contribution in [-0.4, -0.2) is 35.0 Å². The topological polar surface area (TPSA) is 55.6 Å². The van der Waals surface area contributed by atoms with Gasteiger partial charge in [0.2, 0.25) is 5.89 Å². The number of alkyl halides is 3. The lowest BCUT2D eigenvalue weighted by Gasteiger charge is -2.34. The molecule has 8 heteroatoms. The number of esters is 1. The summed E-state index contributed by atoms with van der Waals surface area (Å²) in [4.78, 5) is 18.5. The molecule has 1 aliphatic rings. The first kappa shape index (κ1) is 21.4. The van der Waals surface area contributed by atoms with Gasteiger partial charge in [0.1, 0.15) is 5.76 Å². The van der Waals surface area contributed by atoms with E-state index in [1.807, 2.05) is 0 Å². The first-order valence-electron chi connectivity index (χ1n) is 9.81. The SMILES string of the molecule is CCOC(=O)C[C@@H]1CCCCN1Cc1nc(-c2cccc(C(F)(F)F)c2)oc1C. The van der Waals surface area contributed by atoms with Gasteiger partial charge in [0.25, 0.3) is 0 Å². The predicted molar refractivity (Wildman–Crippen MR) is 101 cm³/mol. The molecule has 0 spiro atoms. The number of rotatable bonds is 6. The number of nitrogens with zero attached hydrogens (tertiary/aromatic N) is 2. The van der Waals surface area contributed by atoms with E-state index >= 15 is 0 Å². The van der Waals surface area contributed by atoms with Crippen LogP contribution in [0.5, 0.6) is 0 Å². The highest BCUT2D eigenvalue weighted by atomic mass is 19.4. The predicted octanol–water partition coefficient (Wildman–Crippen LogP) is 4.98. The van der Waals surface area contributed by atoms with E-state index in [0.29, 0.717) is 31.0 Å². The van der Waals surface area contributed by atoms with Crippen molar-refractivity contribution in [3.63, 3.8) is 0 Å². The third-order valence-corrected chi connectivity index (χ3v) is 5.14. The van der Waals surface area contributed by atoms with Crippen molar-refractivity contribution in [1.29, 1.82) is 0 Å². The van der Waals surface area contributed by atoms with E-state index in [1.54, 1.807) is 19.9 Å². The van der Waals surface area contributed by atoms with Crippen LogP contribution in [0, 0.1) is 6.92 Å². The summed E-state index contributed by atoms with van der Waals surface area (Å²) in [5, 5.41) is 0. The summed E-state index contributed by atoms with van der Waals surface area (Å²) < 4.78 is 49.7. The second-order valence-corrected chi connectivity index (χ2v) is 7.23. The molecular formula is C21H25F3N2O3. The van der Waals surface area contributed by atoms with E-state index < -0.39 is 11.7 Å². The van der Waals surface area contributed by atoms with Gasteiger partial charge in [-0.3, -0.25) is 9.69 Å². The van der Waals surface area contributed by atoms with E-state index in [-0.39, 0.29) is 23.5 Å². The van der Waals surface area contributed by atoms with Crippen LogP contribution in [-0.2, 0) is 22.3 Å². The number of aromatic nitrogens is 1. The molecule has 29 heavy (non-hydrogen) atoms. The van der Waals surface area contributed by atoms with Crippen LogP contribution in [0.3, 0.4) is 0 Å². The van der Waals surface area contributed by atoms with Crippen LogP contribution < -0.4 is 0 Å². The Bertz CT molecular complexity index is 848. The number of hydrogen-bond acceptors (Lipinski definition) is 5. The zero-order chi connectivity index (χ0) is 21.0. The Morgan fingerprint density at radius 2 is 2.14 bits per heavy atom. The molecule has 1 aliphatic heterocycles. The van der Waals surface area contributed by atoms with Crippen molar-refractivity contribution in [2.24, 2.45) is 0 Å². The number of benzene rings is 1. The molecule has 0 amide bonds. The van der Waals surface area contributed by atoms with Crippen LogP contribution in [0.25, 0.3) is 11.5 Å². The highest BCUT2D eigenvalue weighted by Crippen LogP contribution is 2.33. The molecule has 1 aromatic heterocycles. The second kappa shape index (κ2) is 8.98. The summed E-state index contributed by atoms with van der Waals surface area (Å²) in [5.74, 6) is 0.520. The molecule has 1 aromatic carbocycles. The average molecular weight is 410 g/mol. The summed E-state index contributed by atoms with van der Waals surface area (Å²) in [6.07, 6.45) is -1.12. The van der Waals surface area contributed by atoms with Gasteiger partial charge in [0, 0.05) is 18.2 Å². The van der Waals surface area contributed by atoms with E-state index in [0.717, 1.165) is 37.9 Å². The number of carbonyl (C=O) groups excluding carboxylic acids is 1. The third-order valence-electron chi connectivity index (χ3n) is 5.14. The molecule has 0 unspecified atom stereocenters. The standard InChI is InChI=1S/C21H25F3N2O3/c1-3-28-19(27)12-17-9-4-5-10-26(17)13-18-14(2)29-20(25-18)15-7-6-8-16(11-15)21(22,23)24/h6-8,11,17H,3-5,9-10,12-13H2,1-2H3/t17-/m0/s1. The van der Waals surface area contributed by atoms with Crippen LogP contribution in [0.15, 0.2) is 28.7 Å². The minimum Gasteiger partial charge on any atom is -0.466 e. The van der Waals surface area contributed by atoms with Gasteiger partial charge in [0.15, 0.2) is 0 Å². The van der Waals surface area contributed by atoms with Gasteiger partial charge < -0.3 is 9.15 Å². The monoisotopic (exact) mass is 410 g/mol. The number of halogens is 3. The maximum Gasteiger partial charge on any atom is 0.416 e. The van der Waals surface area contributed by atoms with Gasteiger partial charge in [-0.1, -0.05) is 12.5 Å². The molecule has 0 N–H and O–H groups in total. The molecule has 2 aromatic rings. The van der Waals surface area contributed by atoms with Crippen molar-refractivity contribution >= 4 is 5.97 Å². The quantitative estimate of drug-likeness (QED) is 0.629. The molecule has 0 aliphatic carbocycles. The molecule has 1 fully saturated rings. The summed E-state index contributed by atoms with van der Waals surface area (Å²) in [6, 6.07) is 5.02. The fourth-order valence-corrected chi connectivity index (χ4v) is 3.63. The van der Waals surface area contributed by atoms with Crippen molar-refractivity contribution in [1.82, 2.24) is 9.88 Å². The zero-order valence-corrected chi connectivity index (χ0v) is 16.6. The van der Waals surface area contributed by atoms with Crippen molar-refractivity contribution in [3.05, 3.63) is 41.3 Å². The molecule has 0 radical (unpaired) electrons. The summed E-state index contributed by atoms with van der Waals surface area (Å²) in [5.41, 5.74) is 0.224. The minimum atomic E-state index is -4.42. The molecule has 1 atom stereocenters. The van der Waals surface area contributed by atoms with Gasteiger partial charge in [-0.15, -0.1) is 0 Å². The number of aryl methyl sites for hydroxylation is 1. The molecule has 158 valence electrons. The lowest BCUT2D eigenvalue weighted by Crippen LogP contribution is -2.40. The first-order valence-corrected chi connectivity index (χ1v) is 9.81. The Labute approximate surface area is 167 Å². The van der Waals surface area contributed by atoms with E-state index in [1.165, 1.54) is 6.07 Å². The fraction of sp³-hybridized carbons (Fsp3) is 0.524. The Morgan fingerprint density at radius 1 is 1.34 bits per heavy atom. The van der Waals surface area contributed by atoms with E-state index in [9.17, 15) is 18.0 Å². The summed E-state index contributed by atoms with van der Waals surface area (Å²) >= 11 is 0. The van der Waals surface area contributed by atoms with Crippen molar-refractivity contribution < 1.29 is 27.1 Å². The van der Waals surface area contributed by atoms with Gasteiger partial charge in [-0.2, -0.15) is 13.2 Å². The van der Waals surface area contributed by atoms with Crippen molar-refractivity contribution in [3.8, 4) is 11.5 Å². The van der Waals surface area contributed by atoms with Gasteiger partial charge in [-0.25, -0.2) is 4.98 Å². The minimum absolute atomic E-state index is 0.0657. The lowest BCUT2D eigenvalue weighted by atomic mass is 9.99. The van der Waals surface area contributed by atoms with Crippen LogP contribution >= 0.6 is 0 Å². The highest BCUT2D eigenvalue weighted by molar-refractivity contribution is 5.70. The third kappa shape index (κ3) is 5.38. The molecule has 5 nitrogen and oxygen atoms in total. The smallest absolute Gasteiger partial charge is 0.416 e. The number of carbonyl (C=O) groups is 1. The Kier molecular flexibility index (Phi) is 6.62. The van der Waals surface area contributed by atoms with Crippen LogP contribution in [0.4, 0.5) is 13.2 Å². The normalized spacial score (nSPS) is 18.0.